The van der Waals surface area contributed by atoms with E-state index in [9.17, 15) is 24.6 Å². The first-order valence-electron chi connectivity index (χ1n) is 7.64. The van der Waals surface area contributed by atoms with Crippen LogP contribution in [-0.4, -0.2) is 53.9 Å². The number of fused-ring (bicyclic) bond motifs is 1. The van der Waals surface area contributed by atoms with Gasteiger partial charge in [0, 0.05) is 6.42 Å². The highest BCUT2D eigenvalue weighted by Crippen LogP contribution is 2.41. The zero-order valence-corrected chi connectivity index (χ0v) is 14.2. The number of Topliss-reactive ketones (excluding diaryl/α,β-unsaturated/α-hetero) is 1. The number of aryl methyl sites for hydroxylation is 1. The van der Waals surface area contributed by atoms with E-state index in [0.29, 0.717) is 5.56 Å². The van der Waals surface area contributed by atoms with E-state index in [1.54, 1.807) is 6.92 Å². The van der Waals surface area contributed by atoms with Crippen LogP contribution in [0.25, 0.3) is 0 Å². The number of esters is 2. The minimum atomic E-state index is -1.99. The molecule has 8 heteroatoms. The van der Waals surface area contributed by atoms with Crippen molar-refractivity contribution in [2.24, 2.45) is 0 Å². The van der Waals surface area contributed by atoms with Crippen LogP contribution in [0.1, 0.15) is 35.2 Å². The zero-order valence-electron chi connectivity index (χ0n) is 14.2. The molecule has 0 aromatic heterocycles. The number of phenols is 1. The summed E-state index contributed by atoms with van der Waals surface area (Å²) < 4.78 is 14.9. The number of methoxy groups -OCH3 is 2. The molecule has 1 aromatic rings. The third kappa shape index (κ3) is 3.43. The average molecular weight is 352 g/mol. The summed E-state index contributed by atoms with van der Waals surface area (Å²) in [6.07, 6.45) is -2.34. The molecule has 2 N–H and O–H groups in total. The van der Waals surface area contributed by atoms with Crippen LogP contribution in [0.5, 0.6) is 11.5 Å². The van der Waals surface area contributed by atoms with Crippen molar-refractivity contribution in [2.45, 2.75) is 37.9 Å². The summed E-state index contributed by atoms with van der Waals surface area (Å²) in [6, 6.07) is 2.88. The summed E-state index contributed by atoms with van der Waals surface area (Å²) >= 11 is 0. The van der Waals surface area contributed by atoms with Crippen LogP contribution in [0.2, 0.25) is 0 Å². The first-order chi connectivity index (χ1) is 11.7. The highest BCUT2D eigenvalue weighted by molar-refractivity contribution is 6.06. The van der Waals surface area contributed by atoms with Crippen LogP contribution in [-0.2, 0) is 19.1 Å². The minimum Gasteiger partial charge on any atom is -0.507 e. The summed E-state index contributed by atoms with van der Waals surface area (Å²) in [6.45, 7) is 1.68. The Balaban J connectivity index is 2.43. The topological polar surface area (TPSA) is 119 Å². The van der Waals surface area contributed by atoms with Gasteiger partial charge in [-0.15, -0.1) is 0 Å². The third-order valence-electron chi connectivity index (χ3n) is 4.14. The lowest BCUT2D eigenvalue weighted by Crippen LogP contribution is -2.58. The van der Waals surface area contributed by atoms with E-state index in [0.717, 1.165) is 7.11 Å². The van der Waals surface area contributed by atoms with Crippen molar-refractivity contribution in [1.29, 1.82) is 0 Å². The SMILES string of the molecule is COC(=O)CC[C@H](O)[C@@]1(C(=O)OC)CC(=O)c2c(O)cc(C)cc2O1. The molecule has 1 heterocycles. The third-order valence-corrected chi connectivity index (χ3v) is 4.14. The maximum atomic E-state index is 12.5. The van der Waals surface area contributed by atoms with E-state index in [4.69, 9.17) is 9.47 Å². The summed E-state index contributed by atoms with van der Waals surface area (Å²) in [7, 11) is 2.31. The monoisotopic (exact) mass is 352 g/mol. The van der Waals surface area contributed by atoms with Gasteiger partial charge in [0.2, 0.25) is 5.60 Å². The Bertz CT molecular complexity index is 711. The van der Waals surface area contributed by atoms with Crippen LogP contribution in [0.15, 0.2) is 12.1 Å². The van der Waals surface area contributed by atoms with Gasteiger partial charge in [-0.25, -0.2) is 4.79 Å². The summed E-state index contributed by atoms with van der Waals surface area (Å²) in [5, 5.41) is 20.5. The molecule has 0 saturated carbocycles. The molecule has 1 aliphatic heterocycles. The van der Waals surface area contributed by atoms with Gasteiger partial charge in [0.1, 0.15) is 23.2 Å². The molecule has 0 spiro atoms. The van der Waals surface area contributed by atoms with Crippen LogP contribution >= 0.6 is 0 Å². The fraction of sp³-hybridized carbons (Fsp3) is 0.471. The molecule has 0 bridgehead atoms. The number of hydrogen-bond donors (Lipinski definition) is 2. The molecule has 1 aromatic carbocycles. The summed E-state index contributed by atoms with van der Waals surface area (Å²) in [4.78, 5) is 36.1. The molecular weight excluding hydrogens is 332 g/mol. The number of rotatable bonds is 5. The Morgan fingerprint density at radius 2 is 2.00 bits per heavy atom. The largest absolute Gasteiger partial charge is 0.507 e. The Morgan fingerprint density at radius 1 is 1.32 bits per heavy atom. The lowest BCUT2D eigenvalue weighted by Gasteiger charge is -2.38. The van der Waals surface area contributed by atoms with Crippen LogP contribution < -0.4 is 4.74 Å². The molecule has 0 unspecified atom stereocenters. The Labute approximate surface area is 144 Å². The Morgan fingerprint density at radius 3 is 2.60 bits per heavy atom. The van der Waals surface area contributed by atoms with Gasteiger partial charge in [-0.1, -0.05) is 0 Å². The van der Waals surface area contributed by atoms with Gasteiger partial charge < -0.3 is 24.4 Å². The Hall–Kier alpha value is -2.61. The van der Waals surface area contributed by atoms with Crippen LogP contribution in [0.3, 0.4) is 0 Å². The van der Waals surface area contributed by atoms with Crippen molar-refractivity contribution >= 4 is 17.7 Å². The van der Waals surface area contributed by atoms with Gasteiger partial charge in [-0.05, 0) is 31.0 Å². The first-order valence-corrected chi connectivity index (χ1v) is 7.64. The molecule has 2 rings (SSSR count). The van der Waals surface area contributed by atoms with Gasteiger partial charge in [-0.2, -0.15) is 0 Å². The van der Waals surface area contributed by atoms with Crippen molar-refractivity contribution in [1.82, 2.24) is 0 Å². The molecule has 0 saturated heterocycles. The molecule has 1 aliphatic rings. The molecule has 0 aliphatic carbocycles. The lowest BCUT2D eigenvalue weighted by atomic mass is 9.83. The number of benzene rings is 1. The van der Waals surface area contributed by atoms with Gasteiger partial charge in [0.25, 0.3) is 0 Å². The predicted molar refractivity (Wildman–Crippen MR) is 84.4 cm³/mol. The van der Waals surface area contributed by atoms with Crippen molar-refractivity contribution in [3.8, 4) is 11.5 Å². The predicted octanol–water partition coefficient (Wildman–Crippen LogP) is 0.892. The minimum absolute atomic E-state index is 0.0173. The second-order valence-electron chi connectivity index (χ2n) is 5.87. The van der Waals surface area contributed by atoms with Gasteiger partial charge in [-0.3, -0.25) is 9.59 Å². The molecule has 0 fully saturated rings. The van der Waals surface area contributed by atoms with Crippen molar-refractivity contribution in [3.05, 3.63) is 23.3 Å². The molecule has 136 valence electrons. The molecular formula is C17H20O8. The van der Waals surface area contributed by atoms with E-state index in [1.165, 1.54) is 19.2 Å². The Kier molecular flexibility index (Phi) is 5.32. The highest BCUT2D eigenvalue weighted by Gasteiger charge is 2.54. The maximum Gasteiger partial charge on any atom is 0.353 e. The molecule has 0 amide bonds. The number of carbonyl (C=O) groups excluding carboxylic acids is 3. The fourth-order valence-electron chi connectivity index (χ4n) is 2.85. The summed E-state index contributed by atoms with van der Waals surface area (Å²) in [5.41, 5.74) is -1.44. The van der Waals surface area contributed by atoms with Crippen molar-refractivity contribution in [2.75, 3.05) is 14.2 Å². The second kappa shape index (κ2) is 7.10. The number of carbonyl (C=O) groups is 3. The van der Waals surface area contributed by atoms with Gasteiger partial charge in [0.15, 0.2) is 5.78 Å². The smallest absolute Gasteiger partial charge is 0.353 e. The van der Waals surface area contributed by atoms with Gasteiger partial charge in [0.05, 0.1) is 20.6 Å². The van der Waals surface area contributed by atoms with E-state index >= 15 is 0 Å². The number of ketones is 1. The molecule has 2 atom stereocenters. The highest BCUT2D eigenvalue weighted by atomic mass is 16.6. The summed E-state index contributed by atoms with van der Waals surface area (Å²) in [5.74, 6) is -2.36. The number of aliphatic hydroxyl groups excluding tert-OH is 1. The number of aromatic hydroxyl groups is 1. The zero-order chi connectivity index (χ0) is 18.8. The number of ether oxygens (including phenoxy) is 3. The average Bonchev–Trinajstić information content (AvgIpc) is 2.56. The number of hydrogen-bond acceptors (Lipinski definition) is 8. The van der Waals surface area contributed by atoms with Crippen molar-refractivity contribution in [3.63, 3.8) is 0 Å². The fourth-order valence-corrected chi connectivity index (χ4v) is 2.85. The maximum absolute atomic E-state index is 12.5. The number of aliphatic hydroxyl groups is 1. The first kappa shape index (κ1) is 18.7. The van der Waals surface area contributed by atoms with E-state index in [2.05, 4.69) is 4.74 Å². The standard InChI is InChI=1S/C17H20O8/c1-9-6-10(18)15-11(19)8-17(16(22)24-3,25-12(15)7-9)13(20)4-5-14(21)23-2/h6-7,13,18,20H,4-5,8H2,1-3H3/t13-,17+/m0/s1. The number of phenolic OH excluding ortho intramolecular Hbond substituents is 1. The van der Waals surface area contributed by atoms with Gasteiger partial charge >= 0.3 is 11.9 Å². The molecule has 0 radical (unpaired) electrons. The second-order valence-corrected chi connectivity index (χ2v) is 5.87. The molecule has 8 nitrogen and oxygen atoms in total. The quantitative estimate of drug-likeness (QED) is 0.750. The van der Waals surface area contributed by atoms with E-state index in [-0.39, 0.29) is 29.9 Å². The normalized spacial score (nSPS) is 20.2. The van der Waals surface area contributed by atoms with Crippen molar-refractivity contribution < 1.29 is 38.8 Å². The van der Waals surface area contributed by atoms with E-state index < -0.39 is 35.8 Å². The van der Waals surface area contributed by atoms with Crippen LogP contribution in [0.4, 0.5) is 0 Å². The lowest BCUT2D eigenvalue weighted by molar-refractivity contribution is -0.172. The van der Waals surface area contributed by atoms with Crippen LogP contribution in [0, 0.1) is 6.92 Å². The molecule has 25 heavy (non-hydrogen) atoms. The van der Waals surface area contributed by atoms with E-state index in [1.807, 2.05) is 0 Å².